The van der Waals surface area contributed by atoms with Gasteiger partial charge in [-0.2, -0.15) is 5.10 Å². The molecule has 0 bridgehead atoms. The summed E-state index contributed by atoms with van der Waals surface area (Å²) in [5.41, 5.74) is 2.06. The molecule has 7 heteroatoms. The maximum Gasteiger partial charge on any atom is 0.303 e. The largest absolute Gasteiger partial charge is 0.481 e. The predicted octanol–water partition coefficient (Wildman–Crippen LogP) is 2.93. The van der Waals surface area contributed by atoms with Crippen LogP contribution in [0, 0.1) is 6.92 Å². The first-order chi connectivity index (χ1) is 10.9. The van der Waals surface area contributed by atoms with Gasteiger partial charge in [0.1, 0.15) is 0 Å². The highest BCUT2D eigenvalue weighted by molar-refractivity contribution is 9.10. The minimum Gasteiger partial charge on any atom is -0.481 e. The maximum atomic E-state index is 12.3. The fourth-order valence-electron chi connectivity index (χ4n) is 2.21. The maximum absolute atomic E-state index is 12.3. The second-order valence-corrected chi connectivity index (χ2v) is 6.26. The molecule has 6 nitrogen and oxygen atoms in total. The second kappa shape index (κ2) is 7.41. The van der Waals surface area contributed by atoms with E-state index in [0.717, 1.165) is 15.9 Å². The topological polar surface area (TPSA) is 84.2 Å². The zero-order valence-electron chi connectivity index (χ0n) is 12.9. The first-order valence-electron chi connectivity index (χ1n) is 7.21. The number of carbonyl (C=O) groups excluding carboxylic acids is 1. The zero-order chi connectivity index (χ0) is 17.0. The molecule has 0 fully saturated rings. The first-order valence-corrected chi connectivity index (χ1v) is 8.01. The number of benzene rings is 1. The smallest absolute Gasteiger partial charge is 0.303 e. The summed E-state index contributed by atoms with van der Waals surface area (Å²) in [6.07, 6.45) is 1.94. The van der Waals surface area contributed by atoms with Crippen LogP contribution >= 0.6 is 15.9 Å². The lowest BCUT2D eigenvalue weighted by Crippen LogP contribution is -2.33. The number of hydrogen-bond donors (Lipinski definition) is 2. The molecular weight excluding hydrogens is 362 g/mol. The molecule has 0 spiro atoms. The Morgan fingerprint density at radius 3 is 2.83 bits per heavy atom. The molecule has 0 saturated heterocycles. The van der Waals surface area contributed by atoms with Gasteiger partial charge in [-0.3, -0.25) is 9.59 Å². The van der Waals surface area contributed by atoms with Crippen LogP contribution in [0.25, 0.3) is 5.69 Å². The van der Waals surface area contributed by atoms with Gasteiger partial charge in [-0.05, 0) is 38.5 Å². The molecule has 2 rings (SSSR count). The average molecular weight is 380 g/mol. The summed E-state index contributed by atoms with van der Waals surface area (Å²) in [5.74, 6) is -1.12. The Hall–Kier alpha value is -2.15. The van der Waals surface area contributed by atoms with Crippen molar-refractivity contribution in [3.63, 3.8) is 0 Å². The van der Waals surface area contributed by atoms with Gasteiger partial charge in [0, 0.05) is 16.9 Å². The quantitative estimate of drug-likeness (QED) is 0.807. The van der Waals surface area contributed by atoms with E-state index in [9.17, 15) is 9.59 Å². The van der Waals surface area contributed by atoms with Crippen LogP contribution in [0.15, 0.2) is 34.9 Å². The molecule has 1 unspecified atom stereocenters. The van der Waals surface area contributed by atoms with Crippen LogP contribution in [-0.4, -0.2) is 32.8 Å². The van der Waals surface area contributed by atoms with Gasteiger partial charge in [0.05, 0.1) is 23.1 Å². The Morgan fingerprint density at radius 1 is 1.43 bits per heavy atom. The second-order valence-electron chi connectivity index (χ2n) is 5.34. The van der Waals surface area contributed by atoms with Crippen LogP contribution in [-0.2, 0) is 4.79 Å². The fraction of sp³-hybridized carbons (Fsp3) is 0.312. The fourth-order valence-corrected chi connectivity index (χ4v) is 2.60. The van der Waals surface area contributed by atoms with Gasteiger partial charge in [-0.25, -0.2) is 4.68 Å². The molecule has 2 aromatic rings. The summed E-state index contributed by atoms with van der Waals surface area (Å²) in [5, 5.41) is 15.8. The summed E-state index contributed by atoms with van der Waals surface area (Å²) >= 11 is 3.41. The van der Waals surface area contributed by atoms with Crippen LogP contribution in [0.5, 0.6) is 0 Å². The number of hydrogen-bond acceptors (Lipinski definition) is 3. The molecule has 1 aromatic heterocycles. The SMILES string of the molecule is Cc1c(C(=O)NC(C)CCC(=O)O)cnn1-c1cccc(Br)c1. The number of rotatable bonds is 6. The normalized spacial score (nSPS) is 12.0. The molecule has 0 saturated carbocycles. The summed E-state index contributed by atoms with van der Waals surface area (Å²) in [7, 11) is 0. The van der Waals surface area contributed by atoms with Gasteiger partial charge < -0.3 is 10.4 Å². The Morgan fingerprint density at radius 2 is 2.17 bits per heavy atom. The molecule has 0 aliphatic carbocycles. The Kier molecular flexibility index (Phi) is 5.54. The molecule has 1 atom stereocenters. The van der Waals surface area contributed by atoms with Crippen molar-refractivity contribution in [2.75, 3.05) is 0 Å². The summed E-state index contributed by atoms with van der Waals surface area (Å²) in [6, 6.07) is 7.42. The number of nitrogens with zero attached hydrogens (tertiary/aromatic N) is 2. The van der Waals surface area contributed by atoms with E-state index < -0.39 is 5.97 Å². The Labute approximate surface area is 142 Å². The van der Waals surface area contributed by atoms with Crippen LogP contribution in [0.2, 0.25) is 0 Å². The standard InChI is InChI=1S/C16H18BrN3O3/c1-10(6-7-15(21)22)19-16(23)14-9-18-20(11(14)2)13-5-3-4-12(17)8-13/h3-5,8-10H,6-7H2,1-2H3,(H,19,23)(H,21,22). The number of nitrogens with one attached hydrogen (secondary N) is 1. The number of carboxylic acids is 1. The van der Waals surface area contributed by atoms with E-state index >= 15 is 0 Å². The number of aromatic nitrogens is 2. The van der Waals surface area contributed by atoms with Gasteiger partial charge in [-0.15, -0.1) is 0 Å². The number of aliphatic carboxylic acids is 1. The van der Waals surface area contributed by atoms with Crippen LogP contribution < -0.4 is 5.32 Å². The van der Waals surface area contributed by atoms with E-state index in [2.05, 4.69) is 26.3 Å². The predicted molar refractivity (Wildman–Crippen MR) is 89.8 cm³/mol. The number of amides is 1. The molecule has 122 valence electrons. The lowest BCUT2D eigenvalue weighted by Gasteiger charge is -2.12. The number of halogens is 1. The summed E-state index contributed by atoms with van der Waals surface area (Å²) in [4.78, 5) is 22.9. The van der Waals surface area contributed by atoms with Crippen molar-refractivity contribution in [3.05, 3.63) is 46.2 Å². The van der Waals surface area contributed by atoms with Crippen molar-refractivity contribution in [2.45, 2.75) is 32.7 Å². The van der Waals surface area contributed by atoms with Crippen molar-refractivity contribution < 1.29 is 14.7 Å². The highest BCUT2D eigenvalue weighted by Crippen LogP contribution is 2.18. The van der Waals surface area contributed by atoms with Crippen molar-refractivity contribution in [3.8, 4) is 5.69 Å². The van der Waals surface area contributed by atoms with Crippen molar-refractivity contribution >= 4 is 27.8 Å². The van der Waals surface area contributed by atoms with E-state index in [4.69, 9.17) is 5.11 Å². The highest BCUT2D eigenvalue weighted by Gasteiger charge is 2.17. The third-order valence-electron chi connectivity index (χ3n) is 3.48. The minimum absolute atomic E-state index is 0.0255. The highest BCUT2D eigenvalue weighted by atomic mass is 79.9. The van der Waals surface area contributed by atoms with E-state index in [1.165, 1.54) is 6.20 Å². The third kappa shape index (κ3) is 4.41. The molecule has 23 heavy (non-hydrogen) atoms. The molecule has 1 amide bonds. The lowest BCUT2D eigenvalue weighted by atomic mass is 10.1. The zero-order valence-corrected chi connectivity index (χ0v) is 14.5. The Balaban J connectivity index is 2.12. The van der Waals surface area contributed by atoms with Crippen molar-refractivity contribution in [2.24, 2.45) is 0 Å². The summed E-state index contributed by atoms with van der Waals surface area (Å²) < 4.78 is 2.62. The molecule has 0 radical (unpaired) electrons. The van der Waals surface area contributed by atoms with Gasteiger partial charge in [-0.1, -0.05) is 22.0 Å². The van der Waals surface area contributed by atoms with Gasteiger partial charge in [0.2, 0.25) is 0 Å². The molecular formula is C16H18BrN3O3. The number of carboxylic acid groups (broad SMARTS) is 1. The Bertz CT molecular complexity index is 727. The third-order valence-corrected chi connectivity index (χ3v) is 3.97. The van der Waals surface area contributed by atoms with E-state index in [-0.39, 0.29) is 18.4 Å². The van der Waals surface area contributed by atoms with Gasteiger partial charge >= 0.3 is 5.97 Å². The monoisotopic (exact) mass is 379 g/mol. The molecule has 0 aliphatic rings. The first kappa shape index (κ1) is 17.2. The minimum atomic E-state index is -0.871. The molecule has 1 aromatic carbocycles. The molecule has 0 aliphatic heterocycles. The molecule has 1 heterocycles. The number of carbonyl (C=O) groups is 2. The van der Waals surface area contributed by atoms with Crippen LogP contribution in [0.1, 0.15) is 35.8 Å². The lowest BCUT2D eigenvalue weighted by molar-refractivity contribution is -0.137. The van der Waals surface area contributed by atoms with Crippen LogP contribution in [0.3, 0.4) is 0 Å². The van der Waals surface area contributed by atoms with E-state index in [1.807, 2.05) is 31.2 Å². The van der Waals surface area contributed by atoms with Crippen LogP contribution in [0.4, 0.5) is 0 Å². The van der Waals surface area contributed by atoms with Crippen molar-refractivity contribution in [1.29, 1.82) is 0 Å². The van der Waals surface area contributed by atoms with Gasteiger partial charge in [0.15, 0.2) is 0 Å². The molecule has 2 N–H and O–H groups in total. The average Bonchev–Trinajstić information content (AvgIpc) is 2.87. The van der Waals surface area contributed by atoms with Crippen molar-refractivity contribution in [1.82, 2.24) is 15.1 Å². The van der Waals surface area contributed by atoms with Gasteiger partial charge in [0.25, 0.3) is 5.91 Å². The van der Waals surface area contributed by atoms with E-state index in [1.54, 1.807) is 11.6 Å². The summed E-state index contributed by atoms with van der Waals surface area (Å²) in [6.45, 7) is 3.61. The van der Waals surface area contributed by atoms with E-state index in [0.29, 0.717) is 12.0 Å².